The molecule has 0 unspecified atom stereocenters. The molecule has 0 atom stereocenters. The van der Waals surface area contributed by atoms with E-state index < -0.39 is 0 Å². The molecule has 4 nitrogen and oxygen atoms in total. The molecule has 0 saturated carbocycles. The van der Waals surface area contributed by atoms with Gasteiger partial charge >= 0.3 is 0 Å². The first-order valence-electron chi connectivity index (χ1n) is 5.22. The summed E-state index contributed by atoms with van der Waals surface area (Å²) in [5, 5.41) is 11.8. The molecule has 1 aromatic heterocycles. The van der Waals surface area contributed by atoms with Crippen LogP contribution in [-0.4, -0.2) is 10.9 Å². The van der Waals surface area contributed by atoms with Gasteiger partial charge in [0, 0.05) is 16.2 Å². The lowest BCUT2D eigenvalue weighted by Crippen LogP contribution is -2.12. The average molecular weight is 337 g/mol. The van der Waals surface area contributed by atoms with Gasteiger partial charge in [0.1, 0.15) is 11.9 Å². The van der Waals surface area contributed by atoms with Crippen LogP contribution in [-0.2, 0) is 0 Å². The van der Waals surface area contributed by atoms with Crippen molar-refractivity contribution in [2.24, 2.45) is 0 Å². The van der Waals surface area contributed by atoms with Crippen LogP contribution in [0.4, 0.5) is 5.82 Å². The molecule has 2 aromatic rings. The zero-order valence-electron chi connectivity index (χ0n) is 9.52. The lowest BCUT2D eigenvalue weighted by atomic mass is 10.2. The summed E-state index contributed by atoms with van der Waals surface area (Å²) in [6, 6.07) is 9.99. The molecule has 0 aliphatic heterocycles. The highest BCUT2D eigenvalue weighted by atomic mass is 79.9. The Morgan fingerprint density at radius 3 is 2.74 bits per heavy atom. The number of hydrogen-bond donors (Lipinski definition) is 1. The predicted octanol–water partition coefficient (Wildman–Crippen LogP) is 3.62. The summed E-state index contributed by atoms with van der Waals surface area (Å²) < 4.78 is 0.648. The van der Waals surface area contributed by atoms with Gasteiger partial charge in [0.2, 0.25) is 0 Å². The molecule has 0 bridgehead atoms. The zero-order valence-corrected chi connectivity index (χ0v) is 11.9. The molecule has 1 N–H and O–H groups in total. The normalized spacial score (nSPS) is 9.74. The van der Waals surface area contributed by atoms with Crippen LogP contribution in [0, 0.1) is 11.3 Å². The molecule has 1 amide bonds. The number of hydrogen-bond acceptors (Lipinski definition) is 3. The largest absolute Gasteiger partial charge is 0.307 e. The topological polar surface area (TPSA) is 65.8 Å². The van der Waals surface area contributed by atoms with Crippen LogP contribution in [0.5, 0.6) is 0 Å². The number of pyridine rings is 1. The molecule has 94 valence electrons. The van der Waals surface area contributed by atoms with Gasteiger partial charge < -0.3 is 5.32 Å². The van der Waals surface area contributed by atoms with Gasteiger partial charge in [0.05, 0.1) is 10.6 Å². The molecule has 0 aliphatic carbocycles. The van der Waals surface area contributed by atoms with Crippen LogP contribution < -0.4 is 5.32 Å². The molecule has 0 aliphatic rings. The predicted molar refractivity (Wildman–Crippen MR) is 76.1 cm³/mol. The van der Waals surface area contributed by atoms with Gasteiger partial charge in [0.15, 0.2) is 0 Å². The van der Waals surface area contributed by atoms with E-state index in [1.54, 1.807) is 30.3 Å². The maximum absolute atomic E-state index is 12.0. The molecule has 0 saturated heterocycles. The number of rotatable bonds is 2. The molecule has 1 aromatic carbocycles. The highest BCUT2D eigenvalue weighted by molar-refractivity contribution is 9.10. The maximum atomic E-state index is 12.0. The van der Waals surface area contributed by atoms with E-state index in [1.165, 1.54) is 6.20 Å². The van der Waals surface area contributed by atoms with Gasteiger partial charge in [-0.3, -0.25) is 4.79 Å². The SMILES string of the molecule is N#Cc1ccc(NC(=O)c2ccc(Cl)c(Br)c2)nc1. The standard InChI is InChI=1S/C13H7BrClN3O/c14-10-5-9(2-3-11(10)15)13(19)18-12-4-1-8(6-16)7-17-12/h1-5,7H,(H,17,18,19). The summed E-state index contributed by atoms with van der Waals surface area (Å²) >= 11 is 9.11. The summed E-state index contributed by atoms with van der Waals surface area (Å²) in [5.41, 5.74) is 0.898. The Morgan fingerprint density at radius 1 is 1.37 bits per heavy atom. The van der Waals surface area contributed by atoms with Crippen molar-refractivity contribution in [3.63, 3.8) is 0 Å². The first-order valence-corrected chi connectivity index (χ1v) is 6.40. The van der Waals surface area contributed by atoms with Crippen LogP contribution in [0.3, 0.4) is 0 Å². The van der Waals surface area contributed by atoms with Crippen molar-refractivity contribution >= 4 is 39.3 Å². The van der Waals surface area contributed by atoms with E-state index in [0.29, 0.717) is 26.4 Å². The number of amides is 1. The van der Waals surface area contributed by atoms with E-state index in [0.717, 1.165) is 0 Å². The Hall–Kier alpha value is -1.90. The molecule has 6 heteroatoms. The fourth-order valence-electron chi connectivity index (χ4n) is 1.36. The van der Waals surface area contributed by atoms with E-state index in [4.69, 9.17) is 16.9 Å². The second-order valence-electron chi connectivity index (χ2n) is 3.63. The van der Waals surface area contributed by atoms with Crippen LogP contribution in [0.2, 0.25) is 5.02 Å². The Kier molecular flexibility index (Phi) is 4.15. The summed E-state index contributed by atoms with van der Waals surface area (Å²) in [5.74, 6) is 0.0876. The second kappa shape index (κ2) is 5.83. The van der Waals surface area contributed by atoms with Crippen LogP contribution in [0.1, 0.15) is 15.9 Å². The van der Waals surface area contributed by atoms with Gasteiger partial charge in [-0.1, -0.05) is 11.6 Å². The monoisotopic (exact) mass is 335 g/mol. The van der Waals surface area contributed by atoms with E-state index >= 15 is 0 Å². The van der Waals surface area contributed by atoms with Crippen molar-refractivity contribution in [3.8, 4) is 6.07 Å². The molecular formula is C13H7BrClN3O. The number of carbonyl (C=O) groups excluding carboxylic acids is 1. The Balaban J connectivity index is 2.16. The number of halogens is 2. The summed E-state index contributed by atoms with van der Waals surface area (Å²) in [4.78, 5) is 15.9. The maximum Gasteiger partial charge on any atom is 0.256 e. The highest BCUT2D eigenvalue weighted by Gasteiger charge is 2.08. The lowest BCUT2D eigenvalue weighted by Gasteiger charge is -2.05. The van der Waals surface area contributed by atoms with Crippen molar-refractivity contribution in [2.75, 3.05) is 5.32 Å². The number of nitrogens with one attached hydrogen (secondary N) is 1. The number of anilines is 1. The molecule has 0 radical (unpaired) electrons. The van der Waals surface area contributed by atoms with E-state index in [2.05, 4.69) is 26.2 Å². The molecule has 0 fully saturated rings. The molecule has 1 heterocycles. The third-order valence-corrected chi connectivity index (χ3v) is 3.53. The fraction of sp³-hybridized carbons (Fsp3) is 0. The van der Waals surface area contributed by atoms with Crippen LogP contribution >= 0.6 is 27.5 Å². The molecule has 0 spiro atoms. The van der Waals surface area contributed by atoms with Crippen molar-refractivity contribution in [1.29, 1.82) is 5.26 Å². The number of carbonyl (C=O) groups is 1. The van der Waals surface area contributed by atoms with Crippen LogP contribution in [0.15, 0.2) is 41.0 Å². The van der Waals surface area contributed by atoms with Crippen molar-refractivity contribution in [3.05, 3.63) is 57.2 Å². The Labute approximate surface area is 123 Å². The smallest absolute Gasteiger partial charge is 0.256 e. The minimum Gasteiger partial charge on any atom is -0.307 e. The van der Waals surface area contributed by atoms with Crippen molar-refractivity contribution < 1.29 is 4.79 Å². The Morgan fingerprint density at radius 2 is 2.16 bits per heavy atom. The minimum absolute atomic E-state index is 0.297. The first-order chi connectivity index (χ1) is 9.10. The Bertz CT molecular complexity index is 665. The molecular weight excluding hydrogens is 330 g/mol. The van der Waals surface area contributed by atoms with Gasteiger partial charge in [-0.2, -0.15) is 5.26 Å². The quantitative estimate of drug-likeness (QED) is 0.911. The third-order valence-electron chi connectivity index (χ3n) is 2.32. The third kappa shape index (κ3) is 3.31. The van der Waals surface area contributed by atoms with E-state index in [-0.39, 0.29) is 5.91 Å². The van der Waals surface area contributed by atoms with Crippen molar-refractivity contribution in [2.45, 2.75) is 0 Å². The number of nitriles is 1. The van der Waals surface area contributed by atoms with Gasteiger partial charge in [0.25, 0.3) is 5.91 Å². The summed E-state index contributed by atoms with van der Waals surface area (Å²) in [6.07, 6.45) is 1.40. The van der Waals surface area contributed by atoms with Gasteiger partial charge in [-0.05, 0) is 46.3 Å². The zero-order chi connectivity index (χ0) is 13.8. The second-order valence-corrected chi connectivity index (χ2v) is 4.89. The van der Waals surface area contributed by atoms with Crippen molar-refractivity contribution in [1.82, 2.24) is 4.98 Å². The fourth-order valence-corrected chi connectivity index (χ4v) is 1.86. The highest BCUT2D eigenvalue weighted by Crippen LogP contribution is 2.23. The number of aromatic nitrogens is 1. The lowest BCUT2D eigenvalue weighted by molar-refractivity contribution is 0.102. The minimum atomic E-state index is -0.297. The molecule has 19 heavy (non-hydrogen) atoms. The number of benzene rings is 1. The van der Waals surface area contributed by atoms with E-state index in [9.17, 15) is 4.79 Å². The van der Waals surface area contributed by atoms with Crippen LogP contribution in [0.25, 0.3) is 0 Å². The number of nitrogens with zero attached hydrogens (tertiary/aromatic N) is 2. The summed E-state index contributed by atoms with van der Waals surface area (Å²) in [7, 11) is 0. The first kappa shape index (κ1) is 13.5. The van der Waals surface area contributed by atoms with E-state index in [1.807, 2.05) is 6.07 Å². The van der Waals surface area contributed by atoms with Gasteiger partial charge in [-0.15, -0.1) is 0 Å². The van der Waals surface area contributed by atoms with Gasteiger partial charge in [-0.25, -0.2) is 4.98 Å². The average Bonchev–Trinajstić information content (AvgIpc) is 2.42. The molecule has 2 rings (SSSR count). The summed E-state index contributed by atoms with van der Waals surface area (Å²) in [6.45, 7) is 0.